The molecule has 0 saturated heterocycles. The average Bonchev–Trinajstić information content (AvgIpc) is 2.37. The van der Waals surface area contributed by atoms with Crippen LogP contribution < -0.4 is 0 Å². The molecule has 0 unspecified atom stereocenters. The first-order chi connectivity index (χ1) is 9.92. The van der Waals surface area contributed by atoms with Crippen LogP contribution in [0, 0.1) is 32.1 Å². The van der Waals surface area contributed by atoms with Gasteiger partial charge in [0.25, 0.3) is 0 Å². The summed E-state index contributed by atoms with van der Waals surface area (Å²) in [5.74, 6) is 0.164. The maximum atomic E-state index is 11.3. The summed E-state index contributed by atoms with van der Waals surface area (Å²) in [6.45, 7) is 7.58. The molecule has 21 heavy (non-hydrogen) atoms. The normalized spacial score (nSPS) is 10.2. The van der Waals surface area contributed by atoms with Crippen molar-refractivity contribution in [1.29, 1.82) is 5.26 Å². The average molecular weight is 278 g/mol. The predicted molar refractivity (Wildman–Crippen MR) is 83.0 cm³/mol. The topological polar surface area (TPSA) is 53.8 Å². The second kappa shape index (κ2) is 5.88. The summed E-state index contributed by atoms with van der Waals surface area (Å²) in [6, 6.07) is 8.18. The van der Waals surface area contributed by atoms with Gasteiger partial charge in [-0.1, -0.05) is 12.1 Å². The number of pyridine rings is 1. The molecular weight excluding hydrogens is 260 g/mol. The number of aryl methyl sites for hydroxylation is 3. The van der Waals surface area contributed by atoms with E-state index < -0.39 is 0 Å². The third-order valence-corrected chi connectivity index (χ3v) is 3.52. The van der Waals surface area contributed by atoms with E-state index in [4.69, 9.17) is 5.26 Å². The highest BCUT2D eigenvalue weighted by molar-refractivity contribution is 5.79. The summed E-state index contributed by atoms with van der Waals surface area (Å²) in [5.41, 5.74) is 6.76. The van der Waals surface area contributed by atoms with Crippen molar-refractivity contribution in [2.24, 2.45) is 0 Å². The van der Waals surface area contributed by atoms with Crippen molar-refractivity contribution in [1.82, 2.24) is 4.98 Å². The molecule has 1 aromatic carbocycles. The van der Waals surface area contributed by atoms with Gasteiger partial charge in [-0.05, 0) is 61.6 Å². The SMILES string of the molecule is CC(=O)Cc1cc(C)c(-c2cnc(C#N)c(C)c2)c(C)c1. The maximum Gasteiger partial charge on any atom is 0.143 e. The van der Waals surface area contributed by atoms with E-state index in [1.807, 2.05) is 26.8 Å². The van der Waals surface area contributed by atoms with E-state index in [1.165, 1.54) is 0 Å². The Labute approximate surface area is 125 Å². The zero-order valence-electron chi connectivity index (χ0n) is 12.8. The minimum atomic E-state index is 0.164. The van der Waals surface area contributed by atoms with Gasteiger partial charge in [-0.15, -0.1) is 0 Å². The Bertz CT molecular complexity index is 731. The number of nitrogens with zero attached hydrogens (tertiary/aromatic N) is 2. The van der Waals surface area contributed by atoms with E-state index in [1.54, 1.807) is 13.1 Å². The Hall–Kier alpha value is -2.47. The Kier molecular flexibility index (Phi) is 4.18. The zero-order chi connectivity index (χ0) is 15.6. The lowest BCUT2D eigenvalue weighted by atomic mass is 9.92. The number of carbonyl (C=O) groups is 1. The molecule has 1 heterocycles. The number of hydrogen-bond acceptors (Lipinski definition) is 3. The smallest absolute Gasteiger partial charge is 0.143 e. The fourth-order valence-electron chi connectivity index (χ4n) is 2.73. The van der Waals surface area contributed by atoms with Gasteiger partial charge in [0.05, 0.1) is 0 Å². The number of rotatable bonds is 3. The van der Waals surface area contributed by atoms with Crippen LogP contribution in [0.3, 0.4) is 0 Å². The standard InChI is InChI=1S/C18H18N2O/c1-11-7-16(10-20-17(11)9-19)18-12(2)5-15(6-13(18)3)8-14(4)21/h5-7,10H,8H2,1-4H3. The van der Waals surface area contributed by atoms with Crippen LogP contribution in [0.2, 0.25) is 0 Å². The minimum Gasteiger partial charge on any atom is -0.300 e. The van der Waals surface area contributed by atoms with Crippen molar-refractivity contribution in [2.75, 3.05) is 0 Å². The van der Waals surface area contributed by atoms with Crippen LogP contribution in [0.5, 0.6) is 0 Å². The number of benzene rings is 1. The van der Waals surface area contributed by atoms with Crippen LogP contribution in [-0.4, -0.2) is 10.8 Å². The summed E-state index contributed by atoms with van der Waals surface area (Å²) >= 11 is 0. The van der Waals surface area contributed by atoms with Gasteiger partial charge in [-0.25, -0.2) is 4.98 Å². The van der Waals surface area contributed by atoms with Crippen LogP contribution in [0.4, 0.5) is 0 Å². The lowest BCUT2D eigenvalue weighted by molar-refractivity contribution is -0.116. The second-order valence-corrected chi connectivity index (χ2v) is 5.48. The van der Waals surface area contributed by atoms with Crippen molar-refractivity contribution in [3.8, 4) is 17.2 Å². The van der Waals surface area contributed by atoms with Crippen molar-refractivity contribution in [3.63, 3.8) is 0 Å². The molecule has 0 aliphatic rings. The summed E-state index contributed by atoms with van der Waals surface area (Å²) in [5, 5.41) is 8.96. The summed E-state index contributed by atoms with van der Waals surface area (Å²) < 4.78 is 0. The fraction of sp³-hybridized carbons (Fsp3) is 0.278. The van der Waals surface area contributed by atoms with Gasteiger partial charge in [0.2, 0.25) is 0 Å². The van der Waals surface area contributed by atoms with Crippen LogP contribution in [0.15, 0.2) is 24.4 Å². The van der Waals surface area contributed by atoms with Gasteiger partial charge in [0.15, 0.2) is 0 Å². The van der Waals surface area contributed by atoms with Crippen LogP contribution >= 0.6 is 0 Å². The molecule has 2 rings (SSSR count). The largest absolute Gasteiger partial charge is 0.300 e. The van der Waals surface area contributed by atoms with Crippen LogP contribution in [0.1, 0.15) is 34.9 Å². The van der Waals surface area contributed by atoms with Crippen molar-refractivity contribution in [2.45, 2.75) is 34.1 Å². The predicted octanol–water partition coefficient (Wildman–Crippen LogP) is 3.68. The highest BCUT2D eigenvalue weighted by atomic mass is 16.1. The Balaban J connectivity index is 2.52. The van der Waals surface area contributed by atoms with E-state index in [9.17, 15) is 4.79 Å². The van der Waals surface area contributed by atoms with E-state index in [0.29, 0.717) is 12.1 Å². The number of nitriles is 1. The first kappa shape index (κ1) is 14.9. The molecule has 2 aromatic rings. The Morgan fingerprint density at radius 1 is 1.14 bits per heavy atom. The fourth-order valence-corrected chi connectivity index (χ4v) is 2.73. The number of aromatic nitrogens is 1. The van der Waals surface area contributed by atoms with E-state index in [2.05, 4.69) is 23.2 Å². The van der Waals surface area contributed by atoms with Crippen molar-refractivity contribution in [3.05, 3.63) is 52.3 Å². The first-order valence-electron chi connectivity index (χ1n) is 6.89. The highest BCUT2D eigenvalue weighted by Crippen LogP contribution is 2.29. The van der Waals surface area contributed by atoms with Gasteiger partial charge in [0, 0.05) is 18.2 Å². The lowest BCUT2D eigenvalue weighted by Crippen LogP contribution is -2.00. The van der Waals surface area contributed by atoms with Gasteiger partial charge in [-0.2, -0.15) is 5.26 Å². The second-order valence-electron chi connectivity index (χ2n) is 5.48. The molecule has 3 nitrogen and oxygen atoms in total. The first-order valence-corrected chi connectivity index (χ1v) is 6.89. The lowest BCUT2D eigenvalue weighted by Gasteiger charge is -2.13. The molecular formula is C18H18N2O. The summed E-state index contributed by atoms with van der Waals surface area (Å²) in [7, 11) is 0. The molecule has 0 saturated carbocycles. The highest BCUT2D eigenvalue weighted by Gasteiger charge is 2.10. The minimum absolute atomic E-state index is 0.164. The van der Waals surface area contributed by atoms with Gasteiger partial charge >= 0.3 is 0 Å². The van der Waals surface area contributed by atoms with E-state index >= 15 is 0 Å². The monoisotopic (exact) mass is 278 g/mol. The van der Waals surface area contributed by atoms with E-state index in [-0.39, 0.29) is 5.78 Å². The molecule has 0 atom stereocenters. The molecule has 0 aliphatic carbocycles. The molecule has 106 valence electrons. The molecule has 0 fully saturated rings. The van der Waals surface area contributed by atoms with Crippen LogP contribution in [0.25, 0.3) is 11.1 Å². The molecule has 0 bridgehead atoms. The van der Waals surface area contributed by atoms with E-state index in [0.717, 1.165) is 33.4 Å². The summed E-state index contributed by atoms with van der Waals surface area (Å²) in [4.78, 5) is 15.5. The quantitative estimate of drug-likeness (QED) is 0.860. The molecule has 0 radical (unpaired) electrons. The molecule has 3 heteroatoms. The molecule has 0 spiro atoms. The van der Waals surface area contributed by atoms with Crippen molar-refractivity contribution < 1.29 is 4.79 Å². The third kappa shape index (κ3) is 3.17. The number of carbonyl (C=O) groups excluding carboxylic acids is 1. The van der Waals surface area contributed by atoms with Crippen molar-refractivity contribution >= 4 is 5.78 Å². The van der Waals surface area contributed by atoms with Gasteiger partial charge < -0.3 is 0 Å². The molecule has 1 aromatic heterocycles. The van der Waals surface area contributed by atoms with Gasteiger partial charge in [0.1, 0.15) is 17.5 Å². The number of hydrogen-bond donors (Lipinski definition) is 0. The third-order valence-electron chi connectivity index (χ3n) is 3.52. The van der Waals surface area contributed by atoms with Crippen LogP contribution in [-0.2, 0) is 11.2 Å². The number of Topliss-reactive ketones (excluding diaryl/α,β-unsaturated/α-hetero) is 1. The zero-order valence-corrected chi connectivity index (χ0v) is 12.8. The Morgan fingerprint density at radius 3 is 2.24 bits per heavy atom. The number of ketones is 1. The molecule has 0 amide bonds. The molecule has 0 N–H and O–H groups in total. The summed E-state index contributed by atoms with van der Waals surface area (Å²) in [6.07, 6.45) is 2.21. The Morgan fingerprint density at radius 2 is 1.76 bits per heavy atom. The molecule has 0 aliphatic heterocycles. The maximum absolute atomic E-state index is 11.3. The van der Waals surface area contributed by atoms with Gasteiger partial charge in [-0.3, -0.25) is 4.79 Å².